The van der Waals surface area contributed by atoms with Gasteiger partial charge in [0.2, 0.25) is 0 Å². The SMILES string of the molecule is Cc1cccc(CN(C)Cc2ccc(C#CCO)cc2)c1. The summed E-state index contributed by atoms with van der Waals surface area (Å²) in [6.07, 6.45) is 0. The van der Waals surface area contributed by atoms with Crippen LogP contribution < -0.4 is 0 Å². The molecule has 21 heavy (non-hydrogen) atoms. The topological polar surface area (TPSA) is 23.5 Å². The molecular weight excluding hydrogens is 258 g/mol. The van der Waals surface area contributed by atoms with E-state index in [4.69, 9.17) is 5.11 Å². The van der Waals surface area contributed by atoms with E-state index in [1.54, 1.807) is 0 Å². The van der Waals surface area contributed by atoms with Crippen molar-refractivity contribution >= 4 is 0 Å². The summed E-state index contributed by atoms with van der Waals surface area (Å²) >= 11 is 0. The third-order valence-electron chi connectivity index (χ3n) is 3.25. The molecule has 2 aromatic rings. The van der Waals surface area contributed by atoms with Crippen molar-refractivity contribution in [1.29, 1.82) is 0 Å². The number of hydrogen-bond donors (Lipinski definition) is 1. The Hall–Kier alpha value is -2.08. The Morgan fingerprint density at radius 3 is 2.38 bits per heavy atom. The lowest BCUT2D eigenvalue weighted by atomic mass is 10.1. The molecule has 0 spiro atoms. The highest BCUT2D eigenvalue weighted by Crippen LogP contribution is 2.10. The predicted octanol–water partition coefficient (Wildman–Crippen LogP) is 2.97. The number of benzene rings is 2. The fraction of sp³-hybridized carbons (Fsp3) is 0.263. The summed E-state index contributed by atoms with van der Waals surface area (Å²) in [6, 6.07) is 16.8. The summed E-state index contributed by atoms with van der Waals surface area (Å²) in [5, 5.41) is 8.68. The Labute approximate surface area is 127 Å². The van der Waals surface area contributed by atoms with Gasteiger partial charge in [0.1, 0.15) is 6.61 Å². The number of aryl methyl sites for hydroxylation is 1. The van der Waals surface area contributed by atoms with Crippen molar-refractivity contribution in [3.63, 3.8) is 0 Å². The summed E-state index contributed by atoms with van der Waals surface area (Å²) in [7, 11) is 2.13. The van der Waals surface area contributed by atoms with Crippen LogP contribution in [0.3, 0.4) is 0 Å². The molecule has 0 aliphatic rings. The normalized spacial score (nSPS) is 10.3. The van der Waals surface area contributed by atoms with Gasteiger partial charge in [-0.25, -0.2) is 0 Å². The minimum Gasteiger partial charge on any atom is -0.384 e. The van der Waals surface area contributed by atoms with E-state index in [0.29, 0.717) is 0 Å². The van der Waals surface area contributed by atoms with Gasteiger partial charge in [0.15, 0.2) is 0 Å². The highest BCUT2D eigenvalue weighted by Gasteiger charge is 2.02. The number of aliphatic hydroxyl groups is 1. The molecule has 0 aliphatic carbocycles. The van der Waals surface area contributed by atoms with Crippen LogP contribution in [0.25, 0.3) is 0 Å². The lowest BCUT2D eigenvalue weighted by Crippen LogP contribution is -2.17. The summed E-state index contributed by atoms with van der Waals surface area (Å²) in [5.41, 5.74) is 4.84. The second-order valence-corrected chi connectivity index (χ2v) is 5.32. The van der Waals surface area contributed by atoms with E-state index in [2.05, 4.69) is 67.1 Å². The van der Waals surface area contributed by atoms with Gasteiger partial charge in [-0.1, -0.05) is 53.8 Å². The third kappa shape index (κ3) is 5.07. The monoisotopic (exact) mass is 279 g/mol. The van der Waals surface area contributed by atoms with E-state index < -0.39 is 0 Å². The van der Waals surface area contributed by atoms with Crippen molar-refractivity contribution in [1.82, 2.24) is 4.90 Å². The molecule has 0 saturated carbocycles. The molecule has 2 nitrogen and oxygen atoms in total. The van der Waals surface area contributed by atoms with E-state index in [1.165, 1.54) is 16.7 Å². The number of aliphatic hydroxyl groups excluding tert-OH is 1. The first-order valence-corrected chi connectivity index (χ1v) is 7.10. The third-order valence-corrected chi connectivity index (χ3v) is 3.25. The smallest absolute Gasteiger partial charge is 0.104 e. The minimum absolute atomic E-state index is 0.0962. The molecule has 0 atom stereocenters. The zero-order chi connectivity index (χ0) is 15.1. The standard InChI is InChI=1S/C19H21NO/c1-16-5-3-6-19(13-16)15-20(2)14-18-10-8-17(9-11-18)7-4-12-21/h3,5-6,8-11,13,21H,12,14-15H2,1-2H3. The van der Waals surface area contributed by atoms with Gasteiger partial charge in [0.25, 0.3) is 0 Å². The second kappa shape index (κ2) is 7.64. The first kappa shape index (κ1) is 15.3. The number of rotatable bonds is 4. The van der Waals surface area contributed by atoms with Crippen LogP contribution in [0.5, 0.6) is 0 Å². The van der Waals surface area contributed by atoms with Gasteiger partial charge in [-0.2, -0.15) is 0 Å². The molecule has 0 fully saturated rings. The molecule has 0 aromatic heterocycles. The van der Waals surface area contributed by atoms with E-state index in [0.717, 1.165) is 18.7 Å². The van der Waals surface area contributed by atoms with Crippen LogP contribution in [0.15, 0.2) is 48.5 Å². The maximum atomic E-state index is 8.68. The van der Waals surface area contributed by atoms with Gasteiger partial charge >= 0.3 is 0 Å². The second-order valence-electron chi connectivity index (χ2n) is 5.32. The van der Waals surface area contributed by atoms with Crippen LogP contribution in [-0.2, 0) is 13.1 Å². The maximum Gasteiger partial charge on any atom is 0.104 e. The van der Waals surface area contributed by atoms with Crippen molar-refractivity contribution in [2.24, 2.45) is 0 Å². The Balaban J connectivity index is 1.94. The van der Waals surface area contributed by atoms with E-state index >= 15 is 0 Å². The molecule has 0 unspecified atom stereocenters. The van der Waals surface area contributed by atoms with E-state index in [1.807, 2.05) is 12.1 Å². The Bertz CT molecular complexity index is 635. The van der Waals surface area contributed by atoms with Gasteiger partial charge in [-0.15, -0.1) is 0 Å². The average Bonchev–Trinajstić information content (AvgIpc) is 2.46. The van der Waals surface area contributed by atoms with Crippen LogP contribution in [0.1, 0.15) is 22.3 Å². The summed E-state index contributed by atoms with van der Waals surface area (Å²) in [5.74, 6) is 5.57. The molecular formula is C19H21NO. The molecule has 2 heteroatoms. The molecule has 0 amide bonds. The van der Waals surface area contributed by atoms with Crippen molar-refractivity contribution in [2.75, 3.05) is 13.7 Å². The van der Waals surface area contributed by atoms with Crippen molar-refractivity contribution < 1.29 is 5.11 Å². The summed E-state index contributed by atoms with van der Waals surface area (Å²) in [6.45, 7) is 3.87. The number of nitrogens with zero attached hydrogens (tertiary/aromatic N) is 1. The molecule has 0 bridgehead atoms. The van der Waals surface area contributed by atoms with Gasteiger partial charge in [0, 0.05) is 18.7 Å². The number of hydrogen-bond acceptors (Lipinski definition) is 2. The Morgan fingerprint density at radius 2 is 1.71 bits per heavy atom. The largest absolute Gasteiger partial charge is 0.384 e. The summed E-state index contributed by atoms with van der Waals surface area (Å²) < 4.78 is 0. The molecule has 0 heterocycles. The Kier molecular flexibility index (Phi) is 5.57. The van der Waals surface area contributed by atoms with Crippen LogP contribution in [-0.4, -0.2) is 23.7 Å². The van der Waals surface area contributed by atoms with Crippen molar-refractivity contribution in [2.45, 2.75) is 20.0 Å². The van der Waals surface area contributed by atoms with E-state index in [9.17, 15) is 0 Å². The lowest BCUT2D eigenvalue weighted by molar-refractivity contribution is 0.319. The molecule has 2 rings (SSSR count). The van der Waals surface area contributed by atoms with Gasteiger partial charge in [-0.3, -0.25) is 4.90 Å². The zero-order valence-electron chi connectivity index (χ0n) is 12.6. The van der Waals surface area contributed by atoms with E-state index in [-0.39, 0.29) is 6.61 Å². The van der Waals surface area contributed by atoms with Gasteiger partial charge in [0.05, 0.1) is 0 Å². The first-order chi connectivity index (χ1) is 10.2. The molecule has 108 valence electrons. The highest BCUT2D eigenvalue weighted by atomic mass is 16.2. The molecule has 0 saturated heterocycles. The van der Waals surface area contributed by atoms with Crippen LogP contribution >= 0.6 is 0 Å². The van der Waals surface area contributed by atoms with Crippen LogP contribution in [0.4, 0.5) is 0 Å². The van der Waals surface area contributed by atoms with Crippen LogP contribution in [0, 0.1) is 18.8 Å². The molecule has 2 aromatic carbocycles. The predicted molar refractivity (Wildman–Crippen MR) is 86.8 cm³/mol. The molecule has 0 aliphatic heterocycles. The lowest BCUT2D eigenvalue weighted by Gasteiger charge is -2.17. The maximum absolute atomic E-state index is 8.68. The van der Waals surface area contributed by atoms with Crippen molar-refractivity contribution in [3.8, 4) is 11.8 Å². The minimum atomic E-state index is -0.0962. The molecule has 1 N–H and O–H groups in total. The fourth-order valence-corrected chi connectivity index (χ4v) is 2.32. The average molecular weight is 279 g/mol. The van der Waals surface area contributed by atoms with Gasteiger partial charge < -0.3 is 5.11 Å². The summed E-state index contributed by atoms with van der Waals surface area (Å²) in [4.78, 5) is 2.29. The zero-order valence-corrected chi connectivity index (χ0v) is 12.6. The fourth-order valence-electron chi connectivity index (χ4n) is 2.32. The first-order valence-electron chi connectivity index (χ1n) is 7.10. The quantitative estimate of drug-likeness (QED) is 0.870. The van der Waals surface area contributed by atoms with Crippen molar-refractivity contribution in [3.05, 3.63) is 70.8 Å². The highest BCUT2D eigenvalue weighted by molar-refractivity contribution is 5.36. The van der Waals surface area contributed by atoms with Gasteiger partial charge in [-0.05, 0) is 37.2 Å². The Morgan fingerprint density at radius 1 is 1.00 bits per heavy atom. The molecule has 0 radical (unpaired) electrons. The van der Waals surface area contributed by atoms with Crippen LogP contribution in [0.2, 0.25) is 0 Å².